The van der Waals surface area contributed by atoms with Gasteiger partial charge in [-0.3, -0.25) is 4.79 Å². The number of allylic oxidation sites excluding steroid dienone is 1. The number of carboxylic acid groups (broad SMARTS) is 1. The van der Waals surface area contributed by atoms with Gasteiger partial charge in [-0.2, -0.15) is 0 Å². The van der Waals surface area contributed by atoms with Gasteiger partial charge < -0.3 is 15.2 Å². The first-order valence-electron chi connectivity index (χ1n) is 6.61. The molecule has 1 rings (SSSR count). The van der Waals surface area contributed by atoms with Crippen LogP contribution >= 0.6 is 11.6 Å². The number of carbonyl (C=O) groups excluding carboxylic acids is 1. The van der Waals surface area contributed by atoms with Crippen LogP contribution < -0.4 is 10.1 Å². The highest BCUT2D eigenvalue weighted by Crippen LogP contribution is 2.25. The van der Waals surface area contributed by atoms with Crippen molar-refractivity contribution in [3.05, 3.63) is 41.2 Å². The molecule has 7 heteroatoms. The first-order valence-corrected chi connectivity index (χ1v) is 6.99. The van der Waals surface area contributed by atoms with E-state index in [9.17, 15) is 14.0 Å². The smallest absolute Gasteiger partial charge is 0.326 e. The van der Waals surface area contributed by atoms with E-state index in [1.54, 1.807) is 19.1 Å². The molecule has 0 aromatic heterocycles. The van der Waals surface area contributed by atoms with E-state index in [1.165, 1.54) is 13.0 Å². The summed E-state index contributed by atoms with van der Waals surface area (Å²) >= 11 is 5.80. The normalized spacial score (nSPS) is 13.6. The zero-order valence-corrected chi connectivity index (χ0v) is 12.9. The lowest BCUT2D eigenvalue weighted by molar-refractivity contribution is -0.142. The predicted octanol–water partition coefficient (Wildman–Crippen LogP) is 2.78. The first kappa shape index (κ1) is 18.0. The fourth-order valence-electron chi connectivity index (χ4n) is 1.60. The zero-order chi connectivity index (χ0) is 16.7. The molecule has 120 valence electrons. The van der Waals surface area contributed by atoms with E-state index in [4.69, 9.17) is 21.4 Å². The topological polar surface area (TPSA) is 75.6 Å². The van der Waals surface area contributed by atoms with Gasteiger partial charge in [0.25, 0.3) is 5.91 Å². The Morgan fingerprint density at radius 2 is 2.18 bits per heavy atom. The Kier molecular flexibility index (Phi) is 6.85. The van der Waals surface area contributed by atoms with Crippen LogP contribution in [-0.4, -0.2) is 29.1 Å². The molecule has 0 heterocycles. The average Bonchev–Trinajstić information content (AvgIpc) is 2.45. The number of ether oxygens (including phenoxy) is 1. The first-order chi connectivity index (χ1) is 10.3. The molecule has 1 amide bonds. The van der Waals surface area contributed by atoms with Crippen molar-refractivity contribution in [3.63, 3.8) is 0 Å². The summed E-state index contributed by atoms with van der Waals surface area (Å²) in [6.07, 6.45) is 2.53. The third kappa shape index (κ3) is 5.37. The molecule has 0 fully saturated rings. The van der Waals surface area contributed by atoms with E-state index >= 15 is 0 Å². The summed E-state index contributed by atoms with van der Waals surface area (Å²) in [7, 11) is 0. The number of halogens is 2. The average molecular weight is 330 g/mol. The maximum absolute atomic E-state index is 12.9. The van der Waals surface area contributed by atoms with Crippen molar-refractivity contribution < 1.29 is 23.8 Å². The summed E-state index contributed by atoms with van der Waals surface area (Å²) < 4.78 is 18.3. The molecule has 5 nitrogen and oxygen atoms in total. The quantitative estimate of drug-likeness (QED) is 0.754. The van der Waals surface area contributed by atoms with Crippen LogP contribution in [0.25, 0.3) is 0 Å². The summed E-state index contributed by atoms with van der Waals surface area (Å²) in [6.45, 7) is 3.20. The lowest BCUT2D eigenvalue weighted by Crippen LogP contribution is -2.46. The van der Waals surface area contributed by atoms with E-state index in [0.717, 1.165) is 12.1 Å². The maximum atomic E-state index is 12.9. The molecule has 0 bridgehead atoms. The van der Waals surface area contributed by atoms with Crippen LogP contribution in [0.1, 0.15) is 20.3 Å². The molecule has 1 aromatic rings. The molecule has 0 saturated heterocycles. The summed E-state index contributed by atoms with van der Waals surface area (Å²) in [6, 6.07) is 2.47. The van der Waals surface area contributed by atoms with Crippen molar-refractivity contribution >= 4 is 23.5 Å². The molecule has 2 unspecified atom stereocenters. The van der Waals surface area contributed by atoms with Crippen molar-refractivity contribution in [1.29, 1.82) is 0 Å². The van der Waals surface area contributed by atoms with Gasteiger partial charge in [0.05, 0.1) is 5.02 Å². The van der Waals surface area contributed by atoms with Crippen LogP contribution in [0.5, 0.6) is 5.75 Å². The Morgan fingerprint density at radius 3 is 2.73 bits per heavy atom. The number of benzene rings is 1. The Bertz CT molecular complexity index is 577. The van der Waals surface area contributed by atoms with E-state index in [2.05, 4.69) is 5.32 Å². The van der Waals surface area contributed by atoms with Crippen LogP contribution in [0.3, 0.4) is 0 Å². The number of carboxylic acids is 1. The fourth-order valence-corrected chi connectivity index (χ4v) is 1.81. The summed E-state index contributed by atoms with van der Waals surface area (Å²) in [5.41, 5.74) is 0. The Hall–Kier alpha value is -2.08. The molecule has 0 spiro atoms. The summed E-state index contributed by atoms with van der Waals surface area (Å²) in [4.78, 5) is 23.0. The molecule has 0 aliphatic carbocycles. The Labute approximate surface area is 132 Å². The van der Waals surface area contributed by atoms with Gasteiger partial charge in [-0.25, -0.2) is 9.18 Å². The highest BCUT2D eigenvalue weighted by Gasteiger charge is 2.23. The Balaban J connectivity index is 2.69. The number of carbonyl (C=O) groups is 2. The predicted molar refractivity (Wildman–Crippen MR) is 80.5 cm³/mol. The van der Waals surface area contributed by atoms with Gasteiger partial charge in [0.15, 0.2) is 6.10 Å². The van der Waals surface area contributed by atoms with Gasteiger partial charge in [0.1, 0.15) is 17.6 Å². The van der Waals surface area contributed by atoms with Gasteiger partial charge >= 0.3 is 5.97 Å². The minimum atomic E-state index is -1.14. The molecular formula is C15H17ClFNO4. The molecule has 2 N–H and O–H groups in total. The molecular weight excluding hydrogens is 313 g/mol. The molecule has 0 radical (unpaired) electrons. The van der Waals surface area contributed by atoms with Gasteiger partial charge in [0, 0.05) is 0 Å². The highest BCUT2D eigenvalue weighted by atomic mass is 35.5. The van der Waals surface area contributed by atoms with E-state index in [-0.39, 0.29) is 17.2 Å². The number of hydrogen-bond donors (Lipinski definition) is 2. The fraction of sp³-hybridized carbons (Fsp3) is 0.333. The number of rotatable bonds is 7. The molecule has 22 heavy (non-hydrogen) atoms. The number of nitrogens with one attached hydrogen (secondary N) is 1. The molecule has 0 aliphatic rings. The molecule has 0 aliphatic heterocycles. The number of hydrogen-bond acceptors (Lipinski definition) is 3. The van der Waals surface area contributed by atoms with E-state index < -0.39 is 29.8 Å². The van der Waals surface area contributed by atoms with Crippen molar-refractivity contribution in [2.24, 2.45) is 0 Å². The lowest BCUT2D eigenvalue weighted by Gasteiger charge is -2.18. The van der Waals surface area contributed by atoms with Crippen LogP contribution in [0.2, 0.25) is 5.02 Å². The minimum absolute atomic E-state index is 0.0309. The third-order valence-electron chi connectivity index (χ3n) is 2.79. The Morgan fingerprint density at radius 1 is 1.50 bits per heavy atom. The summed E-state index contributed by atoms with van der Waals surface area (Å²) in [5.74, 6) is -2.12. The summed E-state index contributed by atoms with van der Waals surface area (Å²) in [5, 5.41) is 11.4. The highest BCUT2D eigenvalue weighted by molar-refractivity contribution is 6.32. The monoisotopic (exact) mass is 329 g/mol. The lowest BCUT2D eigenvalue weighted by atomic mass is 10.2. The zero-order valence-electron chi connectivity index (χ0n) is 12.2. The third-order valence-corrected chi connectivity index (χ3v) is 3.08. The van der Waals surface area contributed by atoms with E-state index in [1.807, 2.05) is 0 Å². The SMILES string of the molecule is C/C=C/CC(NC(=O)C(C)Oc1ccc(F)cc1Cl)C(=O)O. The standard InChI is InChI=1S/C15H17ClFNO4/c1-3-4-5-12(15(20)21)18-14(19)9(2)22-13-7-6-10(17)8-11(13)16/h3-4,6-9,12H,5H2,1-2H3,(H,18,19)(H,20,21)/b4-3+. The number of aliphatic carboxylic acids is 1. The van der Waals surface area contributed by atoms with Gasteiger partial charge in [0.2, 0.25) is 0 Å². The molecule has 1 aromatic carbocycles. The van der Waals surface area contributed by atoms with Crippen molar-refractivity contribution in [3.8, 4) is 5.75 Å². The maximum Gasteiger partial charge on any atom is 0.326 e. The molecule has 0 saturated carbocycles. The van der Waals surface area contributed by atoms with Crippen molar-refractivity contribution in [2.45, 2.75) is 32.4 Å². The number of amides is 1. The van der Waals surface area contributed by atoms with Crippen molar-refractivity contribution in [2.75, 3.05) is 0 Å². The van der Waals surface area contributed by atoms with E-state index in [0.29, 0.717) is 0 Å². The van der Waals surface area contributed by atoms with Crippen LogP contribution in [0.15, 0.2) is 30.4 Å². The molecule has 2 atom stereocenters. The van der Waals surface area contributed by atoms with Gasteiger partial charge in [-0.05, 0) is 38.5 Å². The van der Waals surface area contributed by atoms with Gasteiger partial charge in [-0.15, -0.1) is 0 Å². The van der Waals surface area contributed by atoms with Crippen LogP contribution in [-0.2, 0) is 9.59 Å². The second-order valence-electron chi connectivity index (χ2n) is 4.54. The van der Waals surface area contributed by atoms with Crippen LogP contribution in [0, 0.1) is 5.82 Å². The second kappa shape index (κ2) is 8.38. The minimum Gasteiger partial charge on any atom is -0.480 e. The second-order valence-corrected chi connectivity index (χ2v) is 4.95. The largest absolute Gasteiger partial charge is 0.480 e. The van der Waals surface area contributed by atoms with Crippen molar-refractivity contribution in [1.82, 2.24) is 5.32 Å². The van der Waals surface area contributed by atoms with Crippen LogP contribution in [0.4, 0.5) is 4.39 Å². The van der Waals surface area contributed by atoms with Gasteiger partial charge in [-0.1, -0.05) is 23.8 Å².